The van der Waals surface area contributed by atoms with Gasteiger partial charge in [-0.1, -0.05) is 31.9 Å². The lowest BCUT2D eigenvalue weighted by Crippen LogP contribution is -2.23. The average Bonchev–Trinajstić information content (AvgIpc) is 3.27. The zero-order chi connectivity index (χ0) is 24.2. The maximum absolute atomic E-state index is 13.5. The van der Waals surface area contributed by atoms with Gasteiger partial charge in [-0.05, 0) is 92.0 Å². The molecule has 0 aliphatic heterocycles. The normalized spacial score (nSPS) is 21.1. The summed E-state index contributed by atoms with van der Waals surface area (Å²) >= 11 is 1.85. The fourth-order valence-corrected chi connectivity index (χ4v) is 6.15. The van der Waals surface area contributed by atoms with E-state index in [1.54, 1.807) is 12.1 Å². The molecule has 2 aromatic rings. The van der Waals surface area contributed by atoms with Crippen molar-refractivity contribution in [3.05, 3.63) is 59.7 Å². The van der Waals surface area contributed by atoms with E-state index in [2.05, 4.69) is 27.8 Å². The Bertz CT molecular complexity index is 885. The number of hydrogen-bond acceptors (Lipinski definition) is 5. The smallest absolute Gasteiger partial charge is 0.316 e. The quantitative estimate of drug-likeness (QED) is 0.162. The summed E-state index contributed by atoms with van der Waals surface area (Å²) in [6.07, 6.45) is 11.1. The number of rotatable bonds is 15. The molecule has 0 bridgehead atoms. The monoisotopic (exact) mass is 508 g/mol. The third-order valence-electron chi connectivity index (χ3n) is 6.89. The molecule has 1 fully saturated rings. The van der Waals surface area contributed by atoms with Gasteiger partial charge in [0.05, 0.1) is 12.3 Å². The van der Waals surface area contributed by atoms with Crippen LogP contribution in [0, 0.1) is 11.7 Å². The number of benzene rings is 1. The molecule has 3 unspecified atom stereocenters. The summed E-state index contributed by atoms with van der Waals surface area (Å²) in [6, 6.07) is 11.4. The molecule has 1 aromatic carbocycles. The Kier molecular flexibility index (Phi) is 11.5. The van der Waals surface area contributed by atoms with Gasteiger partial charge in [0.25, 0.3) is 0 Å². The predicted octanol–water partition coefficient (Wildman–Crippen LogP) is 6.51. The Morgan fingerprint density at radius 1 is 1.24 bits per heavy atom. The van der Waals surface area contributed by atoms with Crippen LogP contribution in [-0.2, 0) is 21.0 Å². The fraction of sp³-hybridized carbons (Fsp3) is 0.577. The maximum atomic E-state index is 13.5. The molecule has 1 saturated carbocycles. The number of aromatic nitrogens is 1. The minimum absolute atomic E-state index is 0.150. The number of halogens is 1. The first-order valence-electron chi connectivity index (χ1n) is 12.4. The molecule has 0 amide bonds. The van der Waals surface area contributed by atoms with Gasteiger partial charge in [0.15, 0.2) is 0 Å². The van der Waals surface area contributed by atoms with Crippen molar-refractivity contribution < 1.29 is 18.4 Å². The summed E-state index contributed by atoms with van der Waals surface area (Å²) in [5, 5.41) is 3.27. The van der Waals surface area contributed by atoms with Gasteiger partial charge in [-0.25, -0.2) is 4.39 Å². The SMILES string of the molecule is CCC1CCC(CCCCSc2ccc(CNCCCO[PH](=O)O)nc2)(c2ccc(F)cc2)C1. The number of nitrogens with one attached hydrogen (secondary N) is 1. The Hall–Kier alpha value is -1.24. The third kappa shape index (κ3) is 8.76. The van der Waals surface area contributed by atoms with E-state index < -0.39 is 8.25 Å². The zero-order valence-electron chi connectivity index (χ0n) is 20.1. The van der Waals surface area contributed by atoms with E-state index in [0.29, 0.717) is 19.5 Å². The lowest BCUT2D eigenvalue weighted by Gasteiger charge is -2.30. The Morgan fingerprint density at radius 3 is 2.74 bits per heavy atom. The summed E-state index contributed by atoms with van der Waals surface area (Å²) < 4.78 is 28.6. The van der Waals surface area contributed by atoms with E-state index in [0.717, 1.165) is 23.8 Å². The molecule has 3 rings (SSSR count). The molecule has 34 heavy (non-hydrogen) atoms. The minimum Gasteiger partial charge on any atom is -0.326 e. The number of pyridine rings is 1. The lowest BCUT2D eigenvalue weighted by atomic mass is 9.74. The number of hydrogen-bond donors (Lipinski definition) is 2. The van der Waals surface area contributed by atoms with Gasteiger partial charge in [-0.3, -0.25) is 9.55 Å². The van der Waals surface area contributed by atoms with Crippen molar-refractivity contribution in [3.63, 3.8) is 0 Å². The molecule has 5 nitrogen and oxygen atoms in total. The Morgan fingerprint density at radius 2 is 2.06 bits per heavy atom. The molecule has 1 aliphatic carbocycles. The molecular weight excluding hydrogens is 470 g/mol. The molecule has 1 heterocycles. The summed E-state index contributed by atoms with van der Waals surface area (Å²) in [7, 11) is -2.82. The second kappa shape index (κ2) is 14.4. The molecule has 188 valence electrons. The van der Waals surface area contributed by atoms with E-state index in [1.807, 2.05) is 36.2 Å². The van der Waals surface area contributed by atoms with Gasteiger partial charge < -0.3 is 14.7 Å². The molecule has 8 heteroatoms. The van der Waals surface area contributed by atoms with Gasteiger partial charge in [-0.15, -0.1) is 11.8 Å². The first kappa shape index (κ1) is 27.3. The summed E-state index contributed by atoms with van der Waals surface area (Å²) in [6.45, 7) is 3.96. The van der Waals surface area contributed by atoms with E-state index >= 15 is 0 Å². The summed E-state index contributed by atoms with van der Waals surface area (Å²) in [5.41, 5.74) is 2.52. The van der Waals surface area contributed by atoms with Crippen LogP contribution < -0.4 is 5.32 Å². The van der Waals surface area contributed by atoms with Gasteiger partial charge in [-0.2, -0.15) is 0 Å². The highest BCUT2D eigenvalue weighted by molar-refractivity contribution is 7.99. The highest BCUT2D eigenvalue weighted by Crippen LogP contribution is 2.48. The van der Waals surface area contributed by atoms with Crippen LogP contribution in [0.1, 0.15) is 69.5 Å². The third-order valence-corrected chi connectivity index (χ3v) is 8.41. The molecule has 0 saturated heterocycles. The molecule has 0 radical (unpaired) electrons. The topological polar surface area (TPSA) is 71.5 Å². The van der Waals surface area contributed by atoms with Crippen LogP contribution in [0.2, 0.25) is 0 Å². The zero-order valence-corrected chi connectivity index (χ0v) is 21.9. The minimum atomic E-state index is -2.82. The summed E-state index contributed by atoms with van der Waals surface area (Å²) in [4.78, 5) is 14.3. The van der Waals surface area contributed by atoms with Crippen LogP contribution in [-0.4, -0.2) is 28.8 Å². The van der Waals surface area contributed by atoms with Crippen LogP contribution in [0.5, 0.6) is 0 Å². The van der Waals surface area contributed by atoms with Crippen LogP contribution in [0.4, 0.5) is 4.39 Å². The van der Waals surface area contributed by atoms with E-state index in [9.17, 15) is 8.96 Å². The van der Waals surface area contributed by atoms with Crippen LogP contribution in [0.15, 0.2) is 47.5 Å². The van der Waals surface area contributed by atoms with Crippen molar-refractivity contribution in [2.75, 3.05) is 18.9 Å². The van der Waals surface area contributed by atoms with Crippen molar-refractivity contribution in [2.45, 2.75) is 75.1 Å². The average molecular weight is 509 g/mol. The highest BCUT2D eigenvalue weighted by atomic mass is 32.2. The van der Waals surface area contributed by atoms with Gasteiger partial charge in [0.1, 0.15) is 5.82 Å². The van der Waals surface area contributed by atoms with Crippen molar-refractivity contribution in [1.29, 1.82) is 0 Å². The van der Waals surface area contributed by atoms with Crippen molar-refractivity contribution >= 4 is 20.0 Å². The maximum Gasteiger partial charge on any atom is 0.316 e. The van der Waals surface area contributed by atoms with Gasteiger partial charge in [0, 0.05) is 17.6 Å². The Labute approximate surface area is 208 Å². The number of unbranched alkanes of at least 4 members (excludes halogenated alkanes) is 1. The first-order chi connectivity index (χ1) is 16.5. The molecule has 0 spiro atoms. The number of nitrogens with zero attached hydrogens (tertiary/aromatic N) is 1. The highest BCUT2D eigenvalue weighted by Gasteiger charge is 2.39. The van der Waals surface area contributed by atoms with Gasteiger partial charge >= 0.3 is 8.25 Å². The van der Waals surface area contributed by atoms with E-state index in [4.69, 9.17) is 4.89 Å². The van der Waals surface area contributed by atoms with Gasteiger partial charge in [0.2, 0.25) is 0 Å². The second-order valence-electron chi connectivity index (χ2n) is 9.24. The van der Waals surface area contributed by atoms with Crippen LogP contribution in [0.3, 0.4) is 0 Å². The number of thioether (sulfide) groups is 1. The standard InChI is InChI=1S/C26H38FN2O3PS/c1-2-21-12-14-26(18-21,22-6-8-23(27)9-7-22)13-3-4-17-34-25-11-10-24(29-20-25)19-28-15-5-16-32-33(30)31/h6-11,20-21,28,33H,2-5,12-19H2,1H3,(H,30,31). The second-order valence-corrected chi connectivity index (χ2v) is 11.2. The lowest BCUT2D eigenvalue weighted by molar-refractivity contribution is 0.276. The van der Waals surface area contributed by atoms with E-state index in [-0.39, 0.29) is 17.8 Å². The Balaban J connectivity index is 1.37. The first-order valence-corrected chi connectivity index (χ1v) is 14.7. The van der Waals surface area contributed by atoms with Crippen LogP contribution in [0.25, 0.3) is 0 Å². The fourth-order valence-electron chi connectivity index (χ4n) is 4.95. The molecule has 1 aliphatic rings. The molecule has 3 atom stereocenters. The molecule has 1 aromatic heterocycles. The van der Waals surface area contributed by atoms with Crippen molar-refractivity contribution in [3.8, 4) is 0 Å². The largest absolute Gasteiger partial charge is 0.326 e. The van der Waals surface area contributed by atoms with Crippen molar-refractivity contribution in [1.82, 2.24) is 10.3 Å². The van der Waals surface area contributed by atoms with Crippen molar-refractivity contribution in [2.24, 2.45) is 5.92 Å². The summed E-state index contributed by atoms with van der Waals surface area (Å²) in [5.74, 6) is 1.71. The van der Waals surface area contributed by atoms with Crippen LogP contribution >= 0.6 is 20.0 Å². The molecular formula is C26H38FN2O3PS. The van der Waals surface area contributed by atoms with E-state index in [1.165, 1.54) is 49.0 Å². The predicted molar refractivity (Wildman–Crippen MR) is 138 cm³/mol. The molecule has 2 N–H and O–H groups in total.